The summed E-state index contributed by atoms with van der Waals surface area (Å²) in [5, 5.41) is 12.2. The van der Waals surface area contributed by atoms with Crippen LogP contribution in [-0.4, -0.2) is 41.9 Å². The van der Waals surface area contributed by atoms with E-state index in [1.165, 1.54) is 11.1 Å². The maximum absolute atomic E-state index is 8.87. The van der Waals surface area contributed by atoms with Gasteiger partial charge >= 0.3 is 0 Å². The first-order valence-corrected chi connectivity index (χ1v) is 7.75. The Kier molecular flexibility index (Phi) is 5.83. The Morgan fingerprint density at radius 1 is 1.23 bits per heavy atom. The molecule has 0 radical (unpaired) electrons. The van der Waals surface area contributed by atoms with Gasteiger partial charge in [-0.2, -0.15) is 4.98 Å². The van der Waals surface area contributed by atoms with Gasteiger partial charge in [0.2, 0.25) is 5.95 Å². The lowest BCUT2D eigenvalue weighted by atomic mass is 10.1. The molecule has 120 valence electrons. The fraction of sp³-hybridized carbons (Fsp3) is 0.471. The largest absolute Gasteiger partial charge is 0.396 e. The van der Waals surface area contributed by atoms with Crippen LogP contribution in [0.2, 0.25) is 0 Å². The number of anilines is 2. The summed E-state index contributed by atoms with van der Waals surface area (Å²) in [6.07, 6.45) is 3.82. The highest BCUT2D eigenvalue weighted by Crippen LogP contribution is 2.19. The van der Waals surface area contributed by atoms with Gasteiger partial charge in [0.25, 0.3) is 0 Å². The van der Waals surface area contributed by atoms with Crippen molar-refractivity contribution in [2.45, 2.75) is 26.3 Å². The van der Waals surface area contributed by atoms with E-state index in [9.17, 15) is 0 Å². The van der Waals surface area contributed by atoms with Gasteiger partial charge in [-0.05, 0) is 30.9 Å². The third-order valence-corrected chi connectivity index (χ3v) is 3.69. The number of nitrogens with zero attached hydrogens (tertiary/aromatic N) is 3. The van der Waals surface area contributed by atoms with Gasteiger partial charge < -0.3 is 19.9 Å². The van der Waals surface area contributed by atoms with Gasteiger partial charge in [-0.25, -0.2) is 0 Å². The Balaban J connectivity index is 2.15. The third kappa shape index (κ3) is 4.24. The Morgan fingerprint density at radius 2 is 2.00 bits per heavy atom. The maximum atomic E-state index is 8.87. The van der Waals surface area contributed by atoms with Crippen molar-refractivity contribution >= 4 is 11.8 Å². The van der Waals surface area contributed by atoms with Gasteiger partial charge in [0.1, 0.15) is 5.82 Å². The number of hydrogen-bond donors (Lipinski definition) is 2. The van der Waals surface area contributed by atoms with Gasteiger partial charge in [-0.15, -0.1) is 0 Å². The minimum absolute atomic E-state index is 0.238. The molecule has 0 aliphatic rings. The number of hydrogen-bond acceptors (Lipinski definition) is 4. The molecule has 0 fully saturated rings. The third-order valence-electron chi connectivity index (χ3n) is 3.69. The van der Waals surface area contributed by atoms with Crippen LogP contribution in [0.15, 0.2) is 30.5 Å². The number of aliphatic hydroxyl groups is 1. The molecule has 1 aromatic carbocycles. The Morgan fingerprint density at radius 3 is 2.68 bits per heavy atom. The lowest BCUT2D eigenvalue weighted by Crippen LogP contribution is -2.10. The Labute approximate surface area is 132 Å². The van der Waals surface area contributed by atoms with Crippen molar-refractivity contribution in [3.05, 3.63) is 41.6 Å². The average Bonchev–Trinajstić information content (AvgIpc) is 2.89. The number of rotatable bonds is 8. The molecule has 0 saturated heterocycles. The standard InChI is InChI=1S/C17H26N4O/c1-14-8-4-5-9-15(14)12-21-13-16(20(2)3)19-17(21)18-10-6-7-11-22/h4-5,8-9,13,22H,6-7,10-12H2,1-3H3,(H,18,19). The number of nitrogens with one attached hydrogen (secondary N) is 1. The van der Waals surface area contributed by atoms with Gasteiger partial charge in [-0.3, -0.25) is 0 Å². The van der Waals surface area contributed by atoms with E-state index in [0.717, 1.165) is 37.7 Å². The molecule has 5 heteroatoms. The summed E-state index contributed by atoms with van der Waals surface area (Å²) in [6.45, 7) is 3.99. The van der Waals surface area contributed by atoms with Crippen LogP contribution in [0.25, 0.3) is 0 Å². The highest BCUT2D eigenvalue weighted by atomic mass is 16.2. The predicted molar refractivity (Wildman–Crippen MR) is 91.6 cm³/mol. The van der Waals surface area contributed by atoms with E-state index < -0.39 is 0 Å². The van der Waals surface area contributed by atoms with Crippen LogP contribution in [0.5, 0.6) is 0 Å². The quantitative estimate of drug-likeness (QED) is 0.736. The number of unbranched alkanes of at least 4 members (excludes halogenated alkanes) is 1. The van der Waals surface area contributed by atoms with Crippen molar-refractivity contribution in [1.82, 2.24) is 9.55 Å². The minimum atomic E-state index is 0.238. The lowest BCUT2D eigenvalue weighted by molar-refractivity contribution is 0.286. The molecule has 2 N–H and O–H groups in total. The van der Waals surface area contributed by atoms with Crippen molar-refractivity contribution in [3.63, 3.8) is 0 Å². The fourth-order valence-electron chi connectivity index (χ4n) is 2.29. The zero-order chi connectivity index (χ0) is 15.9. The molecule has 22 heavy (non-hydrogen) atoms. The van der Waals surface area contributed by atoms with Crippen LogP contribution < -0.4 is 10.2 Å². The second-order valence-corrected chi connectivity index (χ2v) is 5.73. The molecule has 0 bridgehead atoms. The molecule has 0 aliphatic carbocycles. The molecule has 1 heterocycles. The highest BCUT2D eigenvalue weighted by molar-refractivity contribution is 5.44. The maximum Gasteiger partial charge on any atom is 0.205 e. The molecule has 0 amide bonds. The summed E-state index contributed by atoms with van der Waals surface area (Å²) in [5.41, 5.74) is 2.58. The van der Waals surface area contributed by atoms with E-state index in [-0.39, 0.29) is 6.61 Å². The van der Waals surface area contributed by atoms with E-state index in [4.69, 9.17) is 5.11 Å². The van der Waals surface area contributed by atoms with Crippen molar-refractivity contribution in [3.8, 4) is 0 Å². The molecule has 0 aliphatic heterocycles. The summed E-state index contributed by atoms with van der Waals surface area (Å²) < 4.78 is 2.15. The molecule has 5 nitrogen and oxygen atoms in total. The van der Waals surface area contributed by atoms with E-state index >= 15 is 0 Å². The number of aryl methyl sites for hydroxylation is 1. The SMILES string of the molecule is Cc1ccccc1Cn1cc(N(C)C)nc1NCCCCO. The van der Waals surface area contributed by atoms with Gasteiger partial charge in [0.15, 0.2) is 0 Å². The van der Waals surface area contributed by atoms with E-state index in [0.29, 0.717) is 0 Å². The first kappa shape index (κ1) is 16.4. The molecule has 1 aromatic heterocycles. The normalized spacial score (nSPS) is 10.7. The predicted octanol–water partition coefficient (Wildman–Crippen LogP) is 2.49. The smallest absolute Gasteiger partial charge is 0.205 e. The van der Waals surface area contributed by atoms with Gasteiger partial charge in [0.05, 0.1) is 12.7 Å². The topological polar surface area (TPSA) is 53.3 Å². The molecule has 2 aromatic rings. The van der Waals surface area contributed by atoms with Crippen LogP contribution in [-0.2, 0) is 6.54 Å². The van der Waals surface area contributed by atoms with Crippen LogP contribution in [0.4, 0.5) is 11.8 Å². The fourth-order valence-corrected chi connectivity index (χ4v) is 2.29. The lowest BCUT2D eigenvalue weighted by Gasteiger charge is -2.11. The second kappa shape index (κ2) is 7.84. The zero-order valence-electron chi connectivity index (χ0n) is 13.7. The van der Waals surface area contributed by atoms with Crippen LogP contribution in [0.1, 0.15) is 24.0 Å². The second-order valence-electron chi connectivity index (χ2n) is 5.73. The minimum Gasteiger partial charge on any atom is -0.396 e. The van der Waals surface area contributed by atoms with E-state index in [1.54, 1.807) is 0 Å². The summed E-state index contributed by atoms with van der Waals surface area (Å²) >= 11 is 0. The summed E-state index contributed by atoms with van der Waals surface area (Å²) in [6, 6.07) is 8.42. The van der Waals surface area contributed by atoms with Crippen molar-refractivity contribution in [1.29, 1.82) is 0 Å². The number of aromatic nitrogens is 2. The van der Waals surface area contributed by atoms with Crippen molar-refractivity contribution in [2.75, 3.05) is 37.5 Å². The molecule has 0 saturated carbocycles. The first-order chi connectivity index (χ1) is 10.6. The molecular formula is C17H26N4O. The van der Waals surface area contributed by atoms with Gasteiger partial charge in [0, 0.05) is 27.2 Å². The van der Waals surface area contributed by atoms with Crippen LogP contribution in [0.3, 0.4) is 0 Å². The molecule has 0 unspecified atom stereocenters. The van der Waals surface area contributed by atoms with Crippen molar-refractivity contribution in [2.24, 2.45) is 0 Å². The average molecular weight is 302 g/mol. The van der Waals surface area contributed by atoms with Gasteiger partial charge in [-0.1, -0.05) is 24.3 Å². The summed E-state index contributed by atoms with van der Waals surface area (Å²) in [7, 11) is 3.99. The summed E-state index contributed by atoms with van der Waals surface area (Å²) in [4.78, 5) is 6.66. The Bertz CT molecular complexity index is 592. The number of benzene rings is 1. The molecule has 2 rings (SSSR count). The zero-order valence-corrected chi connectivity index (χ0v) is 13.7. The number of imidazole rings is 1. The first-order valence-electron chi connectivity index (χ1n) is 7.75. The van der Waals surface area contributed by atoms with Crippen molar-refractivity contribution < 1.29 is 5.11 Å². The molecular weight excluding hydrogens is 276 g/mol. The van der Waals surface area contributed by atoms with Crippen LogP contribution >= 0.6 is 0 Å². The monoisotopic (exact) mass is 302 g/mol. The molecule has 0 atom stereocenters. The van der Waals surface area contributed by atoms with Crippen LogP contribution in [0, 0.1) is 6.92 Å². The summed E-state index contributed by atoms with van der Waals surface area (Å²) in [5.74, 6) is 1.82. The Hall–Kier alpha value is -2.01. The molecule has 0 spiro atoms. The highest BCUT2D eigenvalue weighted by Gasteiger charge is 2.10. The van der Waals surface area contributed by atoms with E-state index in [1.807, 2.05) is 19.0 Å². The van der Waals surface area contributed by atoms with E-state index in [2.05, 4.69) is 52.3 Å². The number of aliphatic hydroxyl groups excluding tert-OH is 1.